The summed E-state index contributed by atoms with van der Waals surface area (Å²) in [5, 5.41) is 1.37. The Balaban J connectivity index is 2.36. The van der Waals surface area contributed by atoms with Gasteiger partial charge in [-0.2, -0.15) is 0 Å². The molecular weight excluding hydrogens is 321 g/mol. The van der Waals surface area contributed by atoms with Crippen LogP contribution in [0.2, 0.25) is 10.0 Å². The average molecular weight is 331 g/mol. The van der Waals surface area contributed by atoms with E-state index in [0.29, 0.717) is 10.0 Å². The second kappa shape index (κ2) is 5.40. The van der Waals surface area contributed by atoms with Crippen molar-refractivity contribution in [2.75, 3.05) is 0 Å². The minimum Gasteiger partial charge on any atom is -0.320 e. The molecule has 2 aromatic rings. The van der Waals surface area contributed by atoms with Crippen LogP contribution in [0.4, 0.5) is 0 Å². The molecule has 4 heteroatoms. The van der Waals surface area contributed by atoms with Gasteiger partial charge in [0.1, 0.15) is 0 Å². The third-order valence-corrected chi connectivity index (χ3v) is 3.40. The van der Waals surface area contributed by atoms with Crippen LogP contribution in [0, 0.1) is 0 Å². The molecule has 2 rings (SSSR count). The SMILES string of the molecule is NC(c1ccc(Cl)cc1)c1cc(Cl)cc(Br)c1. The molecule has 0 bridgehead atoms. The first-order valence-electron chi connectivity index (χ1n) is 5.03. The standard InChI is InChI=1S/C13H10BrCl2N/c14-10-5-9(6-12(16)7-10)13(17)8-1-3-11(15)4-2-8/h1-7,13H,17H2. The molecule has 0 saturated heterocycles. The molecule has 1 atom stereocenters. The number of benzene rings is 2. The van der Waals surface area contributed by atoms with Gasteiger partial charge in [-0.25, -0.2) is 0 Å². The highest BCUT2D eigenvalue weighted by Gasteiger charge is 2.10. The first-order chi connectivity index (χ1) is 8.06. The van der Waals surface area contributed by atoms with Crippen LogP contribution >= 0.6 is 39.1 Å². The summed E-state index contributed by atoms with van der Waals surface area (Å²) in [5.74, 6) is 0. The Kier molecular flexibility index (Phi) is 4.10. The summed E-state index contributed by atoms with van der Waals surface area (Å²) < 4.78 is 0.921. The molecule has 88 valence electrons. The lowest BCUT2D eigenvalue weighted by molar-refractivity contribution is 0.871. The number of rotatable bonds is 2. The molecule has 0 aliphatic heterocycles. The van der Waals surface area contributed by atoms with E-state index in [0.717, 1.165) is 15.6 Å². The van der Waals surface area contributed by atoms with E-state index in [9.17, 15) is 0 Å². The fourth-order valence-corrected chi connectivity index (χ4v) is 2.63. The van der Waals surface area contributed by atoms with E-state index in [2.05, 4.69) is 15.9 Å². The van der Waals surface area contributed by atoms with E-state index in [-0.39, 0.29) is 6.04 Å². The van der Waals surface area contributed by atoms with Crippen molar-refractivity contribution in [3.8, 4) is 0 Å². The second-order valence-electron chi connectivity index (χ2n) is 3.73. The molecule has 0 radical (unpaired) electrons. The van der Waals surface area contributed by atoms with Gasteiger partial charge in [0, 0.05) is 14.5 Å². The van der Waals surface area contributed by atoms with E-state index in [1.807, 2.05) is 42.5 Å². The van der Waals surface area contributed by atoms with Crippen LogP contribution in [0.25, 0.3) is 0 Å². The van der Waals surface area contributed by atoms with Crippen molar-refractivity contribution in [1.82, 2.24) is 0 Å². The van der Waals surface area contributed by atoms with E-state index >= 15 is 0 Å². The van der Waals surface area contributed by atoms with E-state index in [4.69, 9.17) is 28.9 Å². The molecule has 2 aromatic carbocycles. The van der Waals surface area contributed by atoms with Crippen molar-refractivity contribution in [2.45, 2.75) is 6.04 Å². The average Bonchev–Trinajstić information content (AvgIpc) is 2.28. The minimum atomic E-state index is -0.206. The Labute approximate surface area is 119 Å². The van der Waals surface area contributed by atoms with Gasteiger partial charge in [0.2, 0.25) is 0 Å². The predicted molar refractivity (Wildman–Crippen MR) is 76.6 cm³/mol. The van der Waals surface area contributed by atoms with Crippen LogP contribution < -0.4 is 5.73 Å². The number of hydrogen-bond donors (Lipinski definition) is 1. The van der Waals surface area contributed by atoms with Gasteiger partial charge < -0.3 is 5.73 Å². The zero-order valence-corrected chi connectivity index (χ0v) is 11.9. The maximum atomic E-state index is 6.18. The van der Waals surface area contributed by atoms with Crippen LogP contribution in [-0.4, -0.2) is 0 Å². The topological polar surface area (TPSA) is 26.0 Å². The van der Waals surface area contributed by atoms with Crippen LogP contribution in [0.1, 0.15) is 17.2 Å². The largest absolute Gasteiger partial charge is 0.320 e. The van der Waals surface area contributed by atoms with Gasteiger partial charge in [-0.3, -0.25) is 0 Å². The summed E-state index contributed by atoms with van der Waals surface area (Å²) >= 11 is 15.2. The predicted octanol–water partition coefficient (Wildman–Crippen LogP) is 4.80. The molecule has 0 heterocycles. The Morgan fingerprint density at radius 1 is 0.882 bits per heavy atom. The molecule has 2 N–H and O–H groups in total. The van der Waals surface area contributed by atoms with Crippen molar-refractivity contribution in [3.05, 3.63) is 68.1 Å². The first-order valence-corrected chi connectivity index (χ1v) is 6.58. The normalized spacial score (nSPS) is 12.5. The Morgan fingerprint density at radius 3 is 2.12 bits per heavy atom. The smallest absolute Gasteiger partial charge is 0.0552 e. The quantitative estimate of drug-likeness (QED) is 0.840. The van der Waals surface area contributed by atoms with E-state index < -0.39 is 0 Å². The van der Waals surface area contributed by atoms with Crippen LogP contribution in [0.3, 0.4) is 0 Å². The summed E-state index contributed by atoms with van der Waals surface area (Å²) in [5.41, 5.74) is 8.15. The lowest BCUT2D eigenvalue weighted by Crippen LogP contribution is -2.11. The fourth-order valence-electron chi connectivity index (χ4n) is 1.62. The lowest BCUT2D eigenvalue weighted by atomic mass is 10.00. The second-order valence-corrected chi connectivity index (χ2v) is 5.52. The molecular formula is C13H10BrCl2N. The monoisotopic (exact) mass is 329 g/mol. The highest BCUT2D eigenvalue weighted by molar-refractivity contribution is 9.10. The van der Waals surface area contributed by atoms with Crippen LogP contribution in [0.15, 0.2) is 46.9 Å². The third-order valence-electron chi connectivity index (χ3n) is 2.47. The van der Waals surface area contributed by atoms with Gasteiger partial charge in [-0.05, 0) is 41.5 Å². The maximum Gasteiger partial charge on any atom is 0.0552 e. The van der Waals surface area contributed by atoms with E-state index in [1.165, 1.54) is 0 Å². The van der Waals surface area contributed by atoms with Crippen molar-refractivity contribution in [2.24, 2.45) is 5.73 Å². The zero-order chi connectivity index (χ0) is 12.4. The van der Waals surface area contributed by atoms with Gasteiger partial charge >= 0.3 is 0 Å². The van der Waals surface area contributed by atoms with Gasteiger partial charge in [-0.1, -0.05) is 51.3 Å². The van der Waals surface area contributed by atoms with Gasteiger partial charge in [0.15, 0.2) is 0 Å². The number of halogens is 3. The molecule has 0 aliphatic rings. The molecule has 1 unspecified atom stereocenters. The van der Waals surface area contributed by atoms with Crippen molar-refractivity contribution in [3.63, 3.8) is 0 Å². The molecule has 17 heavy (non-hydrogen) atoms. The number of nitrogens with two attached hydrogens (primary N) is 1. The summed E-state index contributed by atoms with van der Waals surface area (Å²) in [7, 11) is 0. The molecule has 0 aromatic heterocycles. The minimum absolute atomic E-state index is 0.206. The Morgan fingerprint density at radius 2 is 1.53 bits per heavy atom. The first kappa shape index (κ1) is 12.9. The van der Waals surface area contributed by atoms with Crippen LogP contribution in [0.5, 0.6) is 0 Å². The lowest BCUT2D eigenvalue weighted by Gasteiger charge is -2.13. The highest BCUT2D eigenvalue weighted by atomic mass is 79.9. The third kappa shape index (κ3) is 3.23. The summed E-state index contributed by atoms with van der Waals surface area (Å²) in [6, 6.07) is 13.0. The summed E-state index contributed by atoms with van der Waals surface area (Å²) in [6.07, 6.45) is 0. The highest BCUT2D eigenvalue weighted by Crippen LogP contribution is 2.27. The number of hydrogen-bond acceptors (Lipinski definition) is 1. The summed E-state index contributed by atoms with van der Waals surface area (Å²) in [6.45, 7) is 0. The Bertz CT molecular complexity index is 505. The molecule has 0 saturated carbocycles. The van der Waals surface area contributed by atoms with Crippen molar-refractivity contribution < 1.29 is 0 Å². The molecule has 1 nitrogen and oxygen atoms in total. The molecule has 0 fully saturated rings. The van der Waals surface area contributed by atoms with Gasteiger partial charge in [-0.15, -0.1) is 0 Å². The summed E-state index contributed by atoms with van der Waals surface area (Å²) in [4.78, 5) is 0. The van der Waals surface area contributed by atoms with Gasteiger partial charge in [0.05, 0.1) is 6.04 Å². The fraction of sp³-hybridized carbons (Fsp3) is 0.0769. The van der Waals surface area contributed by atoms with Crippen molar-refractivity contribution in [1.29, 1.82) is 0 Å². The van der Waals surface area contributed by atoms with Crippen LogP contribution in [-0.2, 0) is 0 Å². The zero-order valence-electron chi connectivity index (χ0n) is 8.83. The van der Waals surface area contributed by atoms with E-state index in [1.54, 1.807) is 0 Å². The molecule has 0 aliphatic carbocycles. The molecule has 0 spiro atoms. The van der Waals surface area contributed by atoms with Gasteiger partial charge in [0.25, 0.3) is 0 Å². The Hall–Kier alpha value is -0.540. The maximum absolute atomic E-state index is 6.18. The van der Waals surface area contributed by atoms with Crippen molar-refractivity contribution >= 4 is 39.1 Å². The molecule has 0 amide bonds.